The van der Waals surface area contributed by atoms with Crippen molar-refractivity contribution in [1.82, 2.24) is 5.32 Å². The lowest BCUT2D eigenvalue weighted by Crippen LogP contribution is -2.35. The van der Waals surface area contributed by atoms with Crippen LogP contribution in [0.1, 0.15) is 20.8 Å². The van der Waals surface area contributed by atoms with E-state index in [-0.39, 0.29) is 0 Å². The quantitative estimate of drug-likeness (QED) is 0.610. The zero-order valence-corrected chi connectivity index (χ0v) is 7.63. The first-order chi connectivity index (χ1) is 5.45. The van der Waals surface area contributed by atoms with E-state index in [1.165, 1.54) is 0 Å². The monoisotopic (exact) mass is 173 g/mol. The molecular formula is C8H15NO3. The Morgan fingerprint density at radius 1 is 1.33 bits per heavy atom. The summed E-state index contributed by atoms with van der Waals surface area (Å²) in [6.07, 6.45) is 0. The van der Waals surface area contributed by atoms with Gasteiger partial charge in [0.2, 0.25) is 0 Å². The summed E-state index contributed by atoms with van der Waals surface area (Å²) in [5.41, 5.74) is 0. The van der Waals surface area contributed by atoms with Gasteiger partial charge >= 0.3 is 11.9 Å². The van der Waals surface area contributed by atoms with Crippen molar-refractivity contribution in [2.45, 2.75) is 20.8 Å². The molecule has 70 valence electrons. The van der Waals surface area contributed by atoms with Crippen molar-refractivity contribution >= 4 is 11.9 Å². The minimum absolute atomic E-state index is 0.299. The normalized spacial score (nSPS) is 12.7. The highest BCUT2D eigenvalue weighted by atomic mass is 16.4. The van der Waals surface area contributed by atoms with E-state index >= 15 is 0 Å². The molecule has 0 saturated carbocycles. The van der Waals surface area contributed by atoms with Crippen molar-refractivity contribution in [3.05, 3.63) is 0 Å². The first-order valence-electron chi connectivity index (χ1n) is 3.96. The third-order valence-corrected chi connectivity index (χ3v) is 1.92. The van der Waals surface area contributed by atoms with Crippen LogP contribution in [-0.4, -0.2) is 23.5 Å². The highest BCUT2D eigenvalue weighted by Gasteiger charge is 2.13. The summed E-state index contributed by atoms with van der Waals surface area (Å²) >= 11 is 0. The van der Waals surface area contributed by atoms with Crippen molar-refractivity contribution in [2.75, 3.05) is 6.54 Å². The Morgan fingerprint density at radius 3 is 2.17 bits per heavy atom. The van der Waals surface area contributed by atoms with E-state index in [0.717, 1.165) is 0 Å². The second-order valence-corrected chi connectivity index (χ2v) is 3.24. The number of amides is 1. The molecule has 0 fully saturated rings. The van der Waals surface area contributed by atoms with Crippen molar-refractivity contribution in [1.29, 1.82) is 0 Å². The zero-order valence-electron chi connectivity index (χ0n) is 7.63. The number of carboxylic acid groups (broad SMARTS) is 1. The van der Waals surface area contributed by atoms with E-state index in [9.17, 15) is 9.59 Å². The first kappa shape index (κ1) is 10.9. The molecule has 0 aromatic rings. The lowest BCUT2D eigenvalue weighted by atomic mass is 9.98. The predicted molar refractivity (Wildman–Crippen MR) is 44.6 cm³/mol. The molecule has 0 heterocycles. The van der Waals surface area contributed by atoms with E-state index in [0.29, 0.717) is 18.4 Å². The molecule has 1 unspecified atom stereocenters. The molecule has 0 aromatic carbocycles. The van der Waals surface area contributed by atoms with Crippen molar-refractivity contribution < 1.29 is 14.7 Å². The van der Waals surface area contributed by atoms with Crippen LogP contribution in [0.5, 0.6) is 0 Å². The van der Waals surface area contributed by atoms with Crippen LogP contribution in [0, 0.1) is 11.8 Å². The molecule has 1 amide bonds. The first-order valence-corrected chi connectivity index (χ1v) is 3.96. The summed E-state index contributed by atoms with van der Waals surface area (Å²) in [4.78, 5) is 20.6. The van der Waals surface area contributed by atoms with Gasteiger partial charge in [-0.2, -0.15) is 0 Å². The Hall–Kier alpha value is -1.06. The minimum atomic E-state index is -1.43. The van der Waals surface area contributed by atoms with Gasteiger partial charge in [0.05, 0.1) is 0 Å². The standard InChI is InChI=1S/C8H15NO3/c1-5(2)6(3)4-9-7(10)8(11)12/h5-6H,4H2,1-3H3,(H,9,10)(H,11,12). The summed E-state index contributed by atoms with van der Waals surface area (Å²) in [7, 11) is 0. The number of aliphatic carboxylic acids is 1. The zero-order chi connectivity index (χ0) is 9.72. The summed E-state index contributed by atoms with van der Waals surface area (Å²) in [5.74, 6) is -1.61. The molecule has 0 aliphatic carbocycles. The van der Waals surface area contributed by atoms with Gasteiger partial charge in [0.25, 0.3) is 0 Å². The Labute approximate surface area is 72.0 Å². The number of carbonyl (C=O) groups excluding carboxylic acids is 1. The number of hydrogen-bond acceptors (Lipinski definition) is 2. The van der Waals surface area contributed by atoms with Crippen LogP contribution in [0.2, 0.25) is 0 Å². The predicted octanol–water partition coefficient (Wildman–Crippen LogP) is 0.479. The molecule has 0 saturated heterocycles. The van der Waals surface area contributed by atoms with Crippen molar-refractivity contribution in [3.63, 3.8) is 0 Å². The maximum Gasteiger partial charge on any atom is 0.394 e. The molecule has 0 aromatic heterocycles. The molecule has 0 aliphatic rings. The smallest absolute Gasteiger partial charge is 0.394 e. The molecule has 0 radical (unpaired) electrons. The van der Waals surface area contributed by atoms with Crippen LogP contribution >= 0.6 is 0 Å². The van der Waals surface area contributed by atoms with Crippen LogP contribution in [0.15, 0.2) is 0 Å². The van der Waals surface area contributed by atoms with Crippen molar-refractivity contribution in [2.24, 2.45) is 11.8 Å². The molecule has 4 heteroatoms. The highest BCUT2D eigenvalue weighted by Crippen LogP contribution is 2.07. The van der Waals surface area contributed by atoms with E-state index in [1.54, 1.807) is 0 Å². The fourth-order valence-corrected chi connectivity index (χ4v) is 0.565. The third-order valence-electron chi connectivity index (χ3n) is 1.92. The summed E-state index contributed by atoms with van der Waals surface area (Å²) in [6.45, 7) is 6.44. The van der Waals surface area contributed by atoms with Gasteiger partial charge in [-0.15, -0.1) is 0 Å². The van der Waals surface area contributed by atoms with Gasteiger partial charge in [-0.05, 0) is 11.8 Å². The number of nitrogens with one attached hydrogen (secondary N) is 1. The summed E-state index contributed by atoms with van der Waals surface area (Å²) in [5, 5.41) is 10.5. The van der Waals surface area contributed by atoms with Gasteiger partial charge in [-0.3, -0.25) is 4.79 Å². The van der Waals surface area contributed by atoms with Crippen LogP contribution in [0.25, 0.3) is 0 Å². The molecule has 2 N–H and O–H groups in total. The van der Waals surface area contributed by atoms with E-state index in [1.807, 2.05) is 20.8 Å². The van der Waals surface area contributed by atoms with Gasteiger partial charge in [0.15, 0.2) is 0 Å². The molecule has 0 rings (SSSR count). The molecule has 12 heavy (non-hydrogen) atoms. The Kier molecular flexibility index (Phi) is 4.33. The highest BCUT2D eigenvalue weighted by molar-refractivity contribution is 6.31. The largest absolute Gasteiger partial charge is 0.474 e. The Balaban J connectivity index is 3.69. The maximum absolute atomic E-state index is 10.6. The van der Waals surface area contributed by atoms with Crippen LogP contribution in [0.4, 0.5) is 0 Å². The second kappa shape index (κ2) is 4.74. The third kappa shape index (κ3) is 3.95. The Bertz CT molecular complexity index is 177. The number of carbonyl (C=O) groups is 2. The molecule has 4 nitrogen and oxygen atoms in total. The molecular weight excluding hydrogens is 158 g/mol. The topological polar surface area (TPSA) is 66.4 Å². The molecule has 0 spiro atoms. The van der Waals surface area contributed by atoms with Crippen LogP contribution in [0.3, 0.4) is 0 Å². The molecule has 0 bridgehead atoms. The Morgan fingerprint density at radius 2 is 1.83 bits per heavy atom. The van der Waals surface area contributed by atoms with E-state index < -0.39 is 11.9 Å². The summed E-state index contributed by atoms with van der Waals surface area (Å²) in [6, 6.07) is 0. The fraction of sp³-hybridized carbons (Fsp3) is 0.750. The minimum Gasteiger partial charge on any atom is -0.474 e. The number of carboxylic acids is 1. The average molecular weight is 173 g/mol. The van der Waals surface area contributed by atoms with Gasteiger partial charge in [0, 0.05) is 6.54 Å². The lowest BCUT2D eigenvalue weighted by molar-refractivity contribution is -0.150. The van der Waals surface area contributed by atoms with Gasteiger partial charge in [-0.25, -0.2) is 4.79 Å². The van der Waals surface area contributed by atoms with Gasteiger partial charge in [0.1, 0.15) is 0 Å². The fourth-order valence-electron chi connectivity index (χ4n) is 0.565. The molecule has 1 atom stereocenters. The summed E-state index contributed by atoms with van der Waals surface area (Å²) < 4.78 is 0. The van der Waals surface area contributed by atoms with Crippen LogP contribution in [-0.2, 0) is 9.59 Å². The van der Waals surface area contributed by atoms with Gasteiger partial charge < -0.3 is 10.4 Å². The van der Waals surface area contributed by atoms with E-state index in [4.69, 9.17) is 5.11 Å². The second-order valence-electron chi connectivity index (χ2n) is 3.24. The molecule has 0 aliphatic heterocycles. The maximum atomic E-state index is 10.6. The van der Waals surface area contributed by atoms with E-state index in [2.05, 4.69) is 5.32 Å². The van der Waals surface area contributed by atoms with Crippen molar-refractivity contribution in [3.8, 4) is 0 Å². The number of rotatable bonds is 3. The van der Waals surface area contributed by atoms with Crippen LogP contribution < -0.4 is 5.32 Å². The lowest BCUT2D eigenvalue weighted by Gasteiger charge is -2.14. The SMILES string of the molecule is CC(C)C(C)CNC(=O)C(=O)O. The van der Waals surface area contributed by atoms with Gasteiger partial charge in [-0.1, -0.05) is 20.8 Å². The average Bonchev–Trinajstić information content (AvgIpc) is 1.98. The number of hydrogen-bond donors (Lipinski definition) is 2.